The van der Waals surface area contributed by atoms with Gasteiger partial charge in [-0.25, -0.2) is 9.97 Å². The zero-order valence-corrected chi connectivity index (χ0v) is 12.8. The maximum absolute atomic E-state index is 4.84. The van der Waals surface area contributed by atoms with Gasteiger partial charge < -0.3 is 5.32 Å². The number of nitrogens with one attached hydrogen (secondary N) is 1. The van der Waals surface area contributed by atoms with E-state index < -0.39 is 0 Å². The largest absolute Gasteiger partial charge is 0.370 e. The monoisotopic (exact) mass is 275 g/mol. The minimum absolute atomic E-state index is 0.369. The van der Waals surface area contributed by atoms with E-state index in [1.165, 1.54) is 13.1 Å². The summed E-state index contributed by atoms with van der Waals surface area (Å²) in [6, 6.07) is 2.46. The first kappa shape index (κ1) is 13.8. The molecule has 1 N–H and O–H groups in total. The second-order valence-corrected chi connectivity index (χ2v) is 6.07. The van der Waals surface area contributed by atoms with E-state index in [2.05, 4.69) is 42.0 Å². The Hall–Kier alpha value is -1.20. The molecule has 0 amide bonds. The van der Waals surface area contributed by atoms with Crippen LogP contribution in [0.1, 0.15) is 44.2 Å². The zero-order chi connectivity index (χ0) is 14.1. The van der Waals surface area contributed by atoms with Gasteiger partial charge in [-0.1, -0.05) is 13.8 Å². The van der Waals surface area contributed by atoms with Crippen LogP contribution in [0.5, 0.6) is 0 Å². The summed E-state index contributed by atoms with van der Waals surface area (Å²) in [6.45, 7) is 13.2. The zero-order valence-electron chi connectivity index (χ0n) is 12.8. The number of anilines is 1. The van der Waals surface area contributed by atoms with E-state index in [1.807, 2.05) is 0 Å². The average molecular weight is 275 g/mol. The van der Waals surface area contributed by atoms with Gasteiger partial charge in [0.15, 0.2) is 0 Å². The first-order valence-corrected chi connectivity index (χ1v) is 7.76. The predicted molar refractivity (Wildman–Crippen MR) is 81.0 cm³/mol. The Kier molecular flexibility index (Phi) is 3.89. The van der Waals surface area contributed by atoms with Gasteiger partial charge >= 0.3 is 0 Å². The van der Waals surface area contributed by atoms with Crippen LogP contribution >= 0.6 is 0 Å². The maximum Gasteiger partial charge on any atom is 0.149 e. The SMILES string of the molecule is CCNc1cc(C(C)C)nc(C2CN3CCN2CC3)n1. The lowest BCUT2D eigenvalue weighted by Gasteiger charge is -2.46. The molecule has 5 heteroatoms. The Labute approximate surface area is 121 Å². The Balaban J connectivity index is 1.91. The second kappa shape index (κ2) is 5.66. The van der Waals surface area contributed by atoms with Crippen molar-refractivity contribution in [1.29, 1.82) is 0 Å². The summed E-state index contributed by atoms with van der Waals surface area (Å²) in [4.78, 5) is 14.7. The van der Waals surface area contributed by atoms with Gasteiger partial charge in [-0.15, -0.1) is 0 Å². The van der Waals surface area contributed by atoms with Crippen molar-refractivity contribution < 1.29 is 0 Å². The lowest BCUT2D eigenvalue weighted by atomic mass is 10.1. The Morgan fingerprint density at radius 3 is 2.55 bits per heavy atom. The van der Waals surface area contributed by atoms with E-state index in [-0.39, 0.29) is 0 Å². The number of rotatable bonds is 4. The van der Waals surface area contributed by atoms with E-state index in [1.54, 1.807) is 0 Å². The molecule has 0 aromatic carbocycles. The summed E-state index contributed by atoms with van der Waals surface area (Å²) in [5.41, 5.74) is 1.14. The van der Waals surface area contributed by atoms with Crippen molar-refractivity contribution in [3.05, 3.63) is 17.6 Å². The third-order valence-corrected chi connectivity index (χ3v) is 4.29. The fourth-order valence-corrected chi connectivity index (χ4v) is 3.06. The van der Waals surface area contributed by atoms with Crippen LogP contribution < -0.4 is 5.32 Å². The molecule has 3 aliphatic rings. The Morgan fingerprint density at radius 1 is 1.25 bits per heavy atom. The molecule has 1 atom stereocenters. The van der Waals surface area contributed by atoms with Gasteiger partial charge in [0.1, 0.15) is 11.6 Å². The van der Waals surface area contributed by atoms with Crippen LogP contribution in [0, 0.1) is 0 Å². The molecule has 5 nitrogen and oxygen atoms in total. The molecule has 2 bridgehead atoms. The summed E-state index contributed by atoms with van der Waals surface area (Å²) in [7, 11) is 0. The first-order valence-electron chi connectivity index (χ1n) is 7.76. The molecule has 0 aliphatic carbocycles. The van der Waals surface area contributed by atoms with Crippen molar-refractivity contribution in [2.24, 2.45) is 0 Å². The van der Waals surface area contributed by atoms with Gasteiger partial charge in [0.05, 0.1) is 6.04 Å². The van der Waals surface area contributed by atoms with Gasteiger partial charge in [-0.2, -0.15) is 0 Å². The highest BCUT2D eigenvalue weighted by Crippen LogP contribution is 2.28. The van der Waals surface area contributed by atoms with E-state index >= 15 is 0 Å². The number of hydrogen-bond acceptors (Lipinski definition) is 5. The molecule has 20 heavy (non-hydrogen) atoms. The minimum Gasteiger partial charge on any atom is -0.370 e. The number of aromatic nitrogens is 2. The number of hydrogen-bond donors (Lipinski definition) is 1. The van der Waals surface area contributed by atoms with Crippen molar-refractivity contribution >= 4 is 5.82 Å². The third kappa shape index (κ3) is 2.65. The van der Waals surface area contributed by atoms with Crippen molar-refractivity contribution in [2.45, 2.75) is 32.7 Å². The fraction of sp³-hybridized carbons (Fsp3) is 0.733. The standard InChI is InChI=1S/C15H25N5/c1-4-16-14-9-12(11(2)3)17-15(18-14)13-10-19-5-7-20(13)8-6-19/h9,11,13H,4-8,10H2,1-3H3,(H,16,17,18). The molecule has 1 aromatic heterocycles. The molecule has 110 valence electrons. The number of nitrogens with zero attached hydrogens (tertiary/aromatic N) is 4. The molecule has 3 aliphatic heterocycles. The summed E-state index contributed by atoms with van der Waals surface area (Å²) >= 11 is 0. The molecular weight excluding hydrogens is 250 g/mol. The lowest BCUT2D eigenvalue weighted by Crippen LogP contribution is -2.57. The minimum atomic E-state index is 0.369. The number of fused-ring (bicyclic) bond motifs is 3. The Bertz CT molecular complexity index is 465. The van der Waals surface area contributed by atoms with Crippen molar-refractivity contribution in [3.8, 4) is 0 Å². The Morgan fingerprint density at radius 2 is 2.00 bits per heavy atom. The highest BCUT2D eigenvalue weighted by molar-refractivity contribution is 5.37. The lowest BCUT2D eigenvalue weighted by molar-refractivity contribution is 0.00860. The molecule has 1 aromatic rings. The molecular formula is C15H25N5. The highest BCUT2D eigenvalue weighted by Gasteiger charge is 2.34. The average Bonchev–Trinajstić information content (AvgIpc) is 2.48. The van der Waals surface area contributed by atoms with Crippen LogP contribution in [0.3, 0.4) is 0 Å². The summed E-state index contributed by atoms with van der Waals surface area (Å²) in [5, 5.41) is 3.34. The highest BCUT2D eigenvalue weighted by atomic mass is 15.4. The fourth-order valence-electron chi connectivity index (χ4n) is 3.06. The van der Waals surface area contributed by atoms with Crippen LogP contribution in [0.25, 0.3) is 0 Å². The second-order valence-electron chi connectivity index (χ2n) is 6.07. The molecule has 3 fully saturated rings. The maximum atomic E-state index is 4.84. The first-order chi connectivity index (χ1) is 9.67. The summed E-state index contributed by atoms with van der Waals surface area (Å²) in [6.07, 6.45) is 0. The summed E-state index contributed by atoms with van der Waals surface area (Å²) in [5.74, 6) is 2.40. The van der Waals surface area contributed by atoms with E-state index in [4.69, 9.17) is 9.97 Å². The van der Waals surface area contributed by atoms with Crippen LogP contribution in [-0.2, 0) is 0 Å². The van der Waals surface area contributed by atoms with E-state index in [0.717, 1.165) is 43.5 Å². The molecule has 4 heterocycles. The molecule has 0 spiro atoms. The van der Waals surface area contributed by atoms with Crippen molar-refractivity contribution in [3.63, 3.8) is 0 Å². The van der Waals surface area contributed by atoms with E-state index in [9.17, 15) is 0 Å². The topological polar surface area (TPSA) is 44.3 Å². The van der Waals surface area contributed by atoms with Gasteiger partial charge in [0, 0.05) is 51.0 Å². The molecule has 4 rings (SSSR count). The van der Waals surface area contributed by atoms with Gasteiger partial charge in [0.2, 0.25) is 0 Å². The number of piperazine rings is 3. The molecule has 1 unspecified atom stereocenters. The predicted octanol–water partition coefficient (Wildman–Crippen LogP) is 1.70. The molecule has 0 saturated carbocycles. The third-order valence-electron chi connectivity index (χ3n) is 4.29. The van der Waals surface area contributed by atoms with Gasteiger partial charge in [0.25, 0.3) is 0 Å². The quantitative estimate of drug-likeness (QED) is 0.906. The normalized spacial score (nSPS) is 28.9. The summed E-state index contributed by atoms with van der Waals surface area (Å²) < 4.78 is 0. The smallest absolute Gasteiger partial charge is 0.149 e. The van der Waals surface area contributed by atoms with Crippen molar-refractivity contribution in [2.75, 3.05) is 44.6 Å². The van der Waals surface area contributed by atoms with Crippen LogP contribution in [0.2, 0.25) is 0 Å². The molecule has 3 saturated heterocycles. The van der Waals surface area contributed by atoms with Crippen LogP contribution in [-0.4, -0.2) is 59.0 Å². The van der Waals surface area contributed by atoms with Crippen LogP contribution in [0.4, 0.5) is 5.82 Å². The van der Waals surface area contributed by atoms with Crippen LogP contribution in [0.15, 0.2) is 6.07 Å². The van der Waals surface area contributed by atoms with Gasteiger partial charge in [-0.05, 0) is 12.8 Å². The molecule has 0 radical (unpaired) electrons. The van der Waals surface area contributed by atoms with Gasteiger partial charge in [-0.3, -0.25) is 9.80 Å². The van der Waals surface area contributed by atoms with E-state index in [0.29, 0.717) is 12.0 Å². The van der Waals surface area contributed by atoms with Crippen molar-refractivity contribution in [1.82, 2.24) is 19.8 Å².